The standard InChI is InChI=1S/C18H26N2O3/c1-4-15(18(2,3)14-8-6-5-7-9-14)19-17(23)20-11-10-13(12-20)16(21)22/h5-9,13,15H,4,10-12H2,1-3H3,(H,19,23)(H,21,22). The summed E-state index contributed by atoms with van der Waals surface area (Å²) in [6, 6.07) is 9.96. The van der Waals surface area contributed by atoms with Crippen molar-refractivity contribution in [3.8, 4) is 0 Å². The number of rotatable bonds is 5. The van der Waals surface area contributed by atoms with Gasteiger partial charge >= 0.3 is 12.0 Å². The van der Waals surface area contributed by atoms with Gasteiger partial charge in [-0.05, 0) is 18.4 Å². The Bertz CT molecular complexity index is 557. The second-order valence-electron chi connectivity index (χ2n) is 6.77. The van der Waals surface area contributed by atoms with E-state index in [-0.39, 0.29) is 17.5 Å². The molecule has 126 valence electrons. The smallest absolute Gasteiger partial charge is 0.317 e. The molecule has 1 aromatic rings. The molecule has 1 aromatic carbocycles. The summed E-state index contributed by atoms with van der Waals surface area (Å²) in [7, 11) is 0. The van der Waals surface area contributed by atoms with Gasteiger partial charge in [-0.1, -0.05) is 51.1 Å². The summed E-state index contributed by atoms with van der Waals surface area (Å²) in [5.74, 6) is -1.26. The van der Waals surface area contributed by atoms with Crippen LogP contribution in [0.3, 0.4) is 0 Å². The van der Waals surface area contributed by atoms with Crippen LogP contribution in [0.1, 0.15) is 39.2 Å². The van der Waals surface area contributed by atoms with Crippen molar-refractivity contribution in [2.24, 2.45) is 5.92 Å². The Morgan fingerprint density at radius 1 is 1.35 bits per heavy atom. The second-order valence-corrected chi connectivity index (χ2v) is 6.77. The average Bonchev–Trinajstić information content (AvgIpc) is 3.03. The summed E-state index contributed by atoms with van der Waals surface area (Å²) >= 11 is 0. The van der Waals surface area contributed by atoms with Crippen molar-refractivity contribution in [3.63, 3.8) is 0 Å². The molecule has 1 aliphatic rings. The minimum atomic E-state index is -0.822. The fourth-order valence-corrected chi connectivity index (χ4v) is 3.25. The topological polar surface area (TPSA) is 69.6 Å². The SMILES string of the molecule is CCC(NC(=O)N1CCC(C(=O)O)C1)C(C)(C)c1ccccc1. The van der Waals surface area contributed by atoms with Crippen LogP contribution in [0.2, 0.25) is 0 Å². The van der Waals surface area contributed by atoms with E-state index >= 15 is 0 Å². The Labute approximate surface area is 137 Å². The second kappa shape index (κ2) is 7.02. The van der Waals surface area contributed by atoms with Crippen molar-refractivity contribution in [1.29, 1.82) is 0 Å². The zero-order chi connectivity index (χ0) is 17.0. The van der Waals surface area contributed by atoms with Crippen LogP contribution in [0.15, 0.2) is 30.3 Å². The van der Waals surface area contributed by atoms with Crippen LogP contribution in [0.4, 0.5) is 4.79 Å². The summed E-state index contributed by atoms with van der Waals surface area (Å²) in [6.07, 6.45) is 1.34. The summed E-state index contributed by atoms with van der Waals surface area (Å²) in [6.45, 7) is 7.11. The van der Waals surface area contributed by atoms with Crippen molar-refractivity contribution >= 4 is 12.0 Å². The molecule has 1 heterocycles. The van der Waals surface area contributed by atoms with E-state index in [1.54, 1.807) is 4.90 Å². The molecule has 2 N–H and O–H groups in total. The first-order valence-electron chi connectivity index (χ1n) is 8.20. The van der Waals surface area contributed by atoms with Gasteiger partial charge in [0.05, 0.1) is 5.92 Å². The Morgan fingerprint density at radius 2 is 2.00 bits per heavy atom. The van der Waals surface area contributed by atoms with Gasteiger partial charge in [-0.3, -0.25) is 4.79 Å². The molecule has 2 rings (SSSR count). The molecule has 2 amide bonds. The molecule has 0 aliphatic carbocycles. The predicted molar refractivity (Wildman–Crippen MR) is 89.4 cm³/mol. The number of likely N-dealkylation sites (tertiary alicyclic amines) is 1. The maximum Gasteiger partial charge on any atom is 0.317 e. The van der Waals surface area contributed by atoms with Crippen LogP contribution in [-0.2, 0) is 10.2 Å². The van der Waals surface area contributed by atoms with Crippen LogP contribution in [-0.4, -0.2) is 41.1 Å². The molecule has 0 bridgehead atoms. The van der Waals surface area contributed by atoms with Crippen molar-refractivity contribution in [3.05, 3.63) is 35.9 Å². The third kappa shape index (κ3) is 3.84. The van der Waals surface area contributed by atoms with Gasteiger partial charge in [0.2, 0.25) is 0 Å². The number of urea groups is 1. The number of carboxylic acid groups (broad SMARTS) is 1. The first-order valence-corrected chi connectivity index (χ1v) is 8.20. The highest BCUT2D eigenvalue weighted by molar-refractivity contribution is 5.77. The zero-order valence-corrected chi connectivity index (χ0v) is 14.1. The van der Waals surface area contributed by atoms with Crippen molar-refractivity contribution in [2.75, 3.05) is 13.1 Å². The number of nitrogens with zero attached hydrogens (tertiary/aromatic N) is 1. The van der Waals surface area contributed by atoms with E-state index in [0.717, 1.165) is 6.42 Å². The van der Waals surface area contributed by atoms with E-state index in [2.05, 4.69) is 38.2 Å². The molecule has 0 aromatic heterocycles. The molecule has 1 fully saturated rings. The Balaban J connectivity index is 2.05. The van der Waals surface area contributed by atoms with Crippen LogP contribution in [0, 0.1) is 5.92 Å². The molecular weight excluding hydrogens is 292 g/mol. The maximum atomic E-state index is 12.5. The summed E-state index contributed by atoms with van der Waals surface area (Å²) in [5.41, 5.74) is 0.981. The van der Waals surface area contributed by atoms with E-state index in [0.29, 0.717) is 19.5 Å². The highest BCUT2D eigenvalue weighted by Crippen LogP contribution is 2.29. The van der Waals surface area contributed by atoms with Crippen molar-refractivity contribution < 1.29 is 14.7 Å². The number of benzene rings is 1. The number of carboxylic acids is 1. The lowest BCUT2D eigenvalue weighted by molar-refractivity contribution is -0.141. The molecule has 0 radical (unpaired) electrons. The fraction of sp³-hybridized carbons (Fsp3) is 0.556. The van der Waals surface area contributed by atoms with Crippen LogP contribution in [0.5, 0.6) is 0 Å². The number of carbonyl (C=O) groups is 2. The molecule has 5 heteroatoms. The third-order valence-corrected chi connectivity index (χ3v) is 4.92. The number of hydrogen-bond acceptors (Lipinski definition) is 2. The lowest BCUT2D eigenvalue weighted by atomic mass is 9.76. The Morgan fingerprint density at radius 3 is 2.52 bits per heavy atom. The van der Waals surface area contributed by atoms with Crippen LogP contribution in [0.25, 0.3) is 0 Å². The van der Waals surface area contributed by atoms with Gasteiger partial charge in [0, 0.05) is 24.5 Å². The summed E-state index contributed by atoms with van der Waals surface area (Å²) < 4.78 is 0. The van der Waals surface area contributed by atoms with Crippen molar-refractivity contribution in [1.82, 2.24) is 10.2 Å². The lowest BCUT2D eigenvalue weighted by Crippen LogP contribution is -2.51. The number of nitrogens with one attached hydrogen (secondary N) is 1. The maximum absolute atomic E-state index is 12.5. The molecule has 2 unspecified atom stereocenters. The van der Waals surface area contributed by atoms with Crippen LogP contribution < -0.4 is 5.32 Å². The minimum absolute atomic E-state index is 0.0127. The van der Waals surface area contributed by atoms with Gasteiger partial charge in [0.1, 0.15) is 0 Å². The number of aliphatic carboxylic acids is 1. The average molecular weight is 318 g/mol. The molecule has 1 saturated heterocycles. The fourth-order valence-electron chi connectivity index (χ4n) is 3.25. The van der Waals surface area contributed by atoms with Gasteiger partial charge < -0.3 is 15.3 Å². The number of amides is 2. The van der Waals surface area contributed by atoms with E-state index in [1.165, 1.54) is 5.56 Å². The van der Waals surface area contributed by atoms with Gasteiger partial charge in [0.25, 0.3) is 0 Å². The molecule has 5 nitrogen and oxygen atoms in total. The molecule has 23 heavy (non-hydrogen) atoms. The van der Waals surface area contributed by atoms with E-state index in [9.17, 15) is 9.59 Å². The first kappa shape index (κ1) is 17.3. The highest BCUT2D eigenvalue weighted by atomic mass is 16.4. The molecule has 0 spiro atoms. The molecular formula is C18H26N2O3. The zero-order valence-electron chi connectivity index (χ0n) is 14.1. The van der Waals surface area contributed by atoms with Crippen molar-refractivity contribution in [2.45, 2.75) is 45.1 Å². The van der Waals surface area contributed by atoms with E-state index < -0.39 is 11.9 Å². The van der Waals surface area contributed by atoms with Gasteiger partial charge in [-0.15, -0.1) is 0 Å². The Kier molecular flexibility index (Phi) is 5.29. The predicted octanol–water partition coefficient (Wildman–Crippen LogP) is 2.86. The van der Waals surface area contributed by atoms with Gasteiger partial charge in [-0.25, -0.2) is 4.79 Å². The quantitative estimate of drug-likeness (QED) is 0.877. The monoisotopic (exact) mass is 318 g/mol. The number of carbonyl (C=O) groups excluding carboxylic acids is 1. The lowest BCUT2D eigenvalue weighted by Gasteiger charge is -2.36. The van der Waals surface area contributed by atoms with Gasteiger partial charge in [-0.2, -0.15) is 0 Å². The normalized spacial score (nSPS) is 19.4. The molecule has 0 saturated carbocycles. The van der Waals surface area contributed by atoms with Gasteiger partial charge in [0.15, 0.2) is 0 Å². The highest BCUT2D eigenvalue weighted by Gasteiger charge is 2.35. The van der Waals surface area contributed by atoms with E-state index in [4.69, 9.17) is 5.11 Å². The Hall–Kier alpha value is -2.04. The third-order valence-electron chi connectivity index (χ3n) is 4.92. The largest absolute Gasteiger partial charge is 0.481 e. The minimum Gasteiger partial charge on any atom is -0.481 e. The summed E-state index contributed by atoms with van der Waals surface area (Å²) in [5, 5.41) is 12.2. The van der Waals surface area contributed by atoms with E-state index in [1.807, 2.05) is 18.2 Å². The molecule has 2 atom stereocenters. The first-order chi connectivity index (χ1) is 10.9. The van der Waals surface area contributed by atoms with Crippen LogP contribution >= 0.6 is 0 Å². The molecule has 1 aliphatic heterocycles. The summed E-state index contributed by atoms with van der Waals surface area (Å²) in [4.78, 5) is 25.1. The number of hydrogen-bond donors (Lipinski definition) is 2.